The molecule has 0 amide bonds. The Morgan fingerprint density at radius 3 is 2.70 bits per heavy atom. The minimum absolute atomic E-state index is 0.265. The Hall–Kier alpha value is -3.10. The fourth-order valence-corrected chi connectivity index (χ4v) is 6.79. The molecule has 1 aliphatic heterocycles. The van der Waals surface area contributed by atoms with Crippen molar-refractivity contribution in [3.8, 4) is 5.88 Å². The number of ether oxygens (including phenoxy) is 1. The van der Waals surface area contributed by atoms with E-state index >= 15 is 0 Å². The Morgan fingerprint density at radius 1 is 1.08 bits per heavy atom. The monoisotopic (exact) mass is 513 g/mol. The smallest absolute Gasteiger partial charge is 0.231 e. The molecule has 3 aromatic heterocycles. The van der Waals surface area contributed by atoms with Crippen LogP contribution in [0.1, 0.15) is 70.8 Å². The van der Waals surface area contributed by atoms with Crippen molar-refractivity contribution in [2.75, 3.05) is 6.54 Å². The topological polar surface area (TPSA) is 72.6 Å². The van der Waals surface area contributed by atoms with Gasteiger partial charge in [-0.15, -0.1) is 10.2 Å². The molecule has 0 radical (unpaired) electrons. The summed E-state index contributed by atoms with van der Waals surface area (Å²) in [5.74, 6) is 2.19. The Labute approximate surface area is 219 Å². The van der Waals surface area contributed by atoms with Gasteiger partial charge in [-0.2, -0.15) is 0 Å². The lowest BCUT2D eigenvalue weighted by atomic mass is 9.98. The third kappa shape index (κ3) is 4.16. The highest BCUT2D eigenvalue weighted by molar-refractivity contribution is 7.82. The molecule has 3 aliphatic rings. The molecule has 4 heterocycles. The molecule has 8 heteroatoms. The number of pyridine rings is 2. The lowest BCUT2D eigenvalue weighted by molar-refractivity contribution is 0.145. The molecule has 7 rings (SSSR count). The highest BCUT2D eigenvalue weighted by atomic mass is 32.2. The van der Waals surface area contributed by atoms with E-state index in [1.54, 1.807) is 6.20 Å². The average molecular weight is 514 g/mol. The van der Waals surface area contributed by atoms with E-state index in [0.29, 0.717) is 29.8 Å². The summed E-state index contributed by atoms with van der Waals surface area (Å²) >= 11 is 0. The zero-order valence-electron chi connectivity index (χ0n) is 21.5. The number of aryl methyl sites for hydroxylation is 3. The van der Waals surface area contributed by atoms with Crippen LogP contribution < -0.4 is 4.74 Å². The normalized spacial score (nSPS) is 20.6. The summed E-state index contributed by atoms with van der Waals surface area (Å²) in [6.07, 6.45) is 9.12. The molecular formula is C29H31N5O2S. The predicted molar refractivity (Wildman–Crippen MR) is 142 cm³/mol. The first-order chi connectivity index (χ1) is 17.9. The standard InChI is InChI=1S/C29H31N5O2S/c1-18-12-25-28(30-15-18)36-29(9-10-29)17-33(37(25)35)16-24-14-21(5-4-19(24)2)13-23-8-11-34-26(20(23)3)31-32-27(34)22-6-7-22/h4-5,8,11-12,14-15,22H,6-7,9-10,13,16-17H2,1-3H3. The molecule has 0 saturated heterocycles. The van der Waals surface area contributed by atoms with Crippen LogP contribution in [0.25, 0.3) is 5.65 Å². The minimum Gasteiger partial charge on any atom is -0.469 e. The van der Waals surface area contributed by atoms with Gasteiger partial charge in [0.2, 0.25) is 5.88 Å². The molecule has 1 spiro atoms. The maximum atomic E-state index is 13.7. The third-order valence-electron chi connectivity index (χ3n) is 8.02. The van der Waals surface area contributed by atoms with Crippen molar-refractivity contribution in [1.82, 2.24) is 23.9 Å². The molecular weight excluding hydrogens is 482 g/mol. The number of aromatic nitrogens is 4. The van der Waals surface area contributed by atoms with Crippen LogP contribution in [-0.4, -0.2) is 40.2 Å². The molecule has 190 valence electrons. The van der Waals surface area contributed by atoms with Crippen LogP contribution in [0.4, 0.5) is 0 Å². The molecule has 1 unspecified atom stereocenters. The molecule has 37 heavy (non-hydrogen) atoms. The molecule has 0 bridgehead atoms. The highest BCUT2D eigenvalue weighted by Gasteiger charge is 2.50. The van der Waals surface area contributed by atoms with Crippen molar-refractivity contribution in [2.45, 2.75) is 75.8 Å². The summed E-state index contributed by atoms with van der Waals surface area (Å²) in [6.45, 7) is 7.51. The van der Waals surface area contributed by atoms with Crippen molar-refractivity contribution >= 4 is 16.6 Å². The van der Waals surface area contributed by atoms with Crippen LogP contribution in [0, 0.1) is 20.8 Å². The average Bonchev–Trinajstić information content (AvgIpc) is 3.82. The zero-order chi connectivity index (χ0) is 25.3. The van der Waals surface area contributed by atoms with Gasteiger partial charge in [0, 0.05) is 24.9 Å². The van der Waals surface area contributed by atoms with Crippen LogP contribution in [0.3, 0.4) is 0 Å². The quantitative estimate of drug-likeness (QED) is 0.377. The van der Waals surface area contributed by atoms with E-state index in [-0.39, 0.29) is 5.60 Å². The van der Waals surface area contributed by atoms with E-state index in [9.17, 15) is 4.21 Å². The Kier molecular flexibility index (Phi) is 5.27. The molecule has 2 saturated carbocycles. The van der Waals surface area contributed by atoms with Gasteiger partial charge in [0.15, 0.2) is 5.65 Å². The number of hydrogen-bond donors (Lipinski definition) is 0. The predicted octanol–water partition coefficient (Wildman–Crippen LogP) is 4.97. The summed E-state index contributed by atoms with van der Waals surface area (Å²) in [5.41, 5.74) is 7.78. The molecule has 0 N–H and O–H groups in total. The summed E-state index contributed by atoms with van der Waals surface area (Å²) < 4.78 is 24.2. The molecule has 2 aliphatic carbocycles. The summed E-state index contributed by atoms with van der Waals surface area (Å²) in [7, 11) is -1.33. The SMILES string of the molecule is Cc1cnc2c(c1)S(=O)N(Cc1cc(Cc3ccn4c(C5CC5)nnc4c3C)ccc1C)CC1(CC1)O2. The van der Waals surface area contributed by atoms with Gasteiger partial charge in [0.05, 0.1) is 6.54 Å². The first kappa shape index (κ1) is 23.0. The van der Waals surface area contributed by atoms with E-state index < -0.39 is 11.0 Å². The fourth-order valence-electron chi connectivity index (χ4n) is 5.37. The minimum atomic E-state index is -1.33. The second-order valence-corrected chi connectivity index (χ2v) is 12.5. The third-order valence-corrected chi connectivity index (χ3v) is 9.42. The Bertz CT molecular complexity index is 1570. The van der Waals surface area contributed by atoms with Gasteiger partial charge in [-0.05, 0) is 98.4 Å². The Balaban J connectivity index is 1.17. The number of hydrogen-bond acceptors (Lipinski definition) is 5. The van der Waals surface area contributed by atoms with E-state index in [1.165, 1.54) is 40.7 Å². The zero-order valence-corrected chi connectivity index (χ0v) is 22.3. The number of fused-ring (bicyclic) bond motifs is 2. The molecule has 7 nitrogen and oxygen atoms in total. The second kappa shape index (κ2) is 8.46. The summed E-state index contributed by atoms with van der Waals surface area (Å²) in [5, 5.41) is 8.98. The number of benzene rings is 1. The van der Waals surface area contributed by atoms with Crippen LogP contribution in [-0.2, 0) is 24.0 Å². The number of nitrogens with zero attached hydrogens (tertiary/aromatic N) is 5. The van der Waals surface area contributed by atoms with Crippen LogP contribution in [0.2, 0.25) is 0 Å². The van der Waals surface area contributed by atoms with Gasteiger partial charge in [0.1, 0.15) is 27.3 Å². The van der Waals surface area contributed by atoms with Crippen molar-refractivity contribution in [3.63, 3.8) is 0 Å². The molecule has 2 fully saturated rings. The van der Waals surface area contributed by atoms with Crippen LogP contribution >= 0.6 is 0 Å². The largest absolute Gasteiger partial charge is 0.469 e. The van der Waals surface area contributed by atoms with Crippen LogP contribution in [0.15, 0.2) is 47.6 Å². The lowest BCUT2D eigenvalue weighted by Gasteiger charge is -2.23. The van der Waals surface area contributed by atoms with Gasteiger partial charge in [-0.3, -0.25) is 4.40 Å². The van der Waals surface area contributed by atoms with E-state index in [4.69, 9.17) is 4.74 Å². The first-order valence-electron chi connectivity index (χ1n) is 13.1. The molecule has 1 atom stereocenters. The van der Waals surface area contributed by atoms with Gasteiger partial charge < -0.3 is 4.74 Å². The van der Waals surface area contributed by atoms with Crippen molar-refractivity contribution in [3.05, 3.63) is 81.9 Å². The fraction of sp³-hybridized carbons (Fsp3) is 0.414. The molecule has 1 aromatic carbocycles. The van der Waals surface area contributed by atoms with Crippen molar-refractivity contribution in [2.24, 2.45) is 0 Å². The van der Waals surface area contributed by atoms with E-state index in [2.05, 4.69) is 68.2 Å². The summed E-state index contributed by atoms with van der Waals surface area (Å²) in [6, 6.07) is 10.8. The second-order valence-electron chi connectivity index (χ2n) is 11.1. The maximum absolute atomic E-state index is 13.7. The Morgan fingerprint density at radius 2 is 1.92 bits per heavy atom. The van der Waals surface area contributed by atoms with Crippen LogP contribution in [0.5, 0.6) is 5.88 Å². The highest BCUT2D eigenvalue weighted by Crippen LogP contribution is 2.45. The summed E-state index contributed by atoms with van der Waals surface area (Å²) in [4.78, 5) is 5.16. The van der Waals surface area contributed by atoms with Gasteiger partial charge in [0.25, 0.3) is 0 Å². The van der Waals surface area contributed by atoms with Gasteiger partial charge >= 0.3 is 0 Å². The maximum Gasteiger partial charge on any atom is 0.231 e. The van der Waals surface area contributed by atoms with Gasteiger partial charge in [-0.25, -0.2) is 13.5 Å². The number of rotatable bonds is 5. The van der Waals surface area contributed by atoms with Crippen molar-refractivity contribution in [1.29, 1.82) is 0 Å². The first-order valence-corrected chi connectivity index (χ1v) is 14.2. The van der Waals surface area contributed by atoms with Crippen molar-refractivity contribution < 1.29 is 8.95 Å². The molecule has 4 aromatic rings. The van der Waals surface area contributed by atoms with E-state index in [0.717, 1.165) is 36.3 Å². The van der Waals surface area contributed by atoms with E-state index in [1.807, 2.05) is 13.0 Å². The van der Waals surface area contributed by atoms with Gasteiger partial charge in [-0.1, -0.05) is 18.2 Å². The lowest BCUT2D eigenvalue weighted by Crippen LogP contribution is -2.35.